The summed E-state index contributed by atoms with van der Waals surface area (Å²) in [7, 11) is 0. The van der Waals surface area contributed by atoms with E-state index in [0.717, 1.165) is 32.2 Å². The lowest BCUT2D eigenvalue weighted by molar-refractivity contribution is -0.137. The topological polar surface area (TPSA) is 43.9 Å². The first-order chi connectivity index (χ1) is 17.8. The van der Waals surface area contributed by atoms with Gasteiger partial charge in [0.25, 0.3) is 11.7 Å². The molecule has 0 spiro atoms. The van der Waals surface area contributed by atoms with Gasteiger partial charge in [-0.1, -0.05) is 66.7 Å². The quantitative estimate of drug-likeness (QED) is 0.328. The molecular weight excluding hydrogens is 550 g/mol. The Balaban J connectivity index is 0.00000210. The van der Waals surface area contributed by atoms with Crippen LogP contribution in [0.1, 0.15) is 39.5 Å². The van der Waals surface area contributed by atoms with Crippen molar-refractivity contribution >= 4 is 42.2 Å². The molecule has 3 aromatic rings. The average Bonchev–Trinajstić information content (AvgIpc) is 3.15. The van der Waals surface area contributed by atoms with E-state index in [1.807, 2.05) is 12.1 Å². The Morgan fingerprint density at radius 3 is 1.82 bits per heavy atom. The zero-order chi connectivity index (χ0) is 26.0. The number of benzene rings is 3. The van der Waals surface area contributed by atoms with Crippen LogP contribution >= 0.6 is 24.8 Å². The number of hydrogen-bond donors (Lipinski definition) is 0. The third-order valence-corrected chi connectivity index (χ3v) is 7.16. The summed E-state index contributed by atoms with van der Waals surface area (Å²) in [6.07, 6.45) is -4.12. The number of anilines is 1. The number of nitrogens with zero attached hydrogens (tertiary/aromatic N) is 3. The number of carbonyl (C=O) groups is 2. The number of hydrogen-bond acceptors (Lipinski definition) is 4. The van der Waals surface area contributed by atoms with Crippen molar-refractivity contribution in [1.82, 2.24) is 9.80 Å². The second-order valence-electron chi connectivity index (χ2n) is 9.44. The molecule has 208 valence electrons. The van der Waals surface area contributed by atoms with Gasteiger partial charge in [0.05, 0.1) is 22.9 Å². The van der Waals surface area contributed by atoms with Gasteiger partial charge in [0.1, 0.15) is 0 Å². The van der Waals surface area contributed by atoms with Crippen molar-refractivity contribution in [3.8, 4) is 0 Å². The highest BCUT2D eigenvalue weighted by atomic mass is 35.5. The summed E-state index contributed by atoms with van der Waals surface area (Å²) in [4.78, 5) is 30.8. The van der Waals surface area contributed by atoms with Crippen molar-refractivity contribution in [2.75, 3.05) is 44.2 Å². The van der Waals surface area contributed by atoms with Crippen LogP contribution < -0.4 is 4.90 Å². The maximum absolute atomic E-state index is 13.4. The lowest BCUT2D eigenvalue weighted by Crippen LogP contribution is -2.48. The van der Waals surface area contributed by atoms with Crippen LogP contribution in [0.2, 0.25) is 0 Å². The third-order valence-electron chi connectivity index (χ3n) is 7.16. The van der Waals surface area contributed by atoms with Crippen molar-refractivity contribution in [2.24, 2.45) is 0 Å². The lowest BCUT2D eigenvalue weighted by Gasteiger charge is -2.40. The highest BCUT2D eigenvalue weighted by molar-refractivity contribution is 6.52. The molecule has 1 saturated heterocycles. The van der Waals surface area contributed by atoms with Gasteiger partial charge >= 0.3 is 6.18 Å². The van der Waals surface area contributed by atoms with E-state index in [9.17, 15) is 22.8 Å². The maximum atomic E-state index is 13.4. The predicted octanol–water partition coefficient (Wildman–Crippen LogP) is 5.88. The van der Waals surface area contributed by atoms with E-state index < -0.39 is 29.0 Å². The van der Waals surface area contributed by atoms with E-state index in [-0.39, 0.29) is 43.1 Å². The Morgan fingerprint density at radius 2 is 1.28 bits per heavy atom. The molecule has 2 aliphatic rings. The van der Waals surface area contributed by atoms with E-state index in [1.165, 1.54) is 28.2 Å². The summed E-state index contributed by atoms with van der Waals surface area (Å²) >= 11 is 0. The molecule has 5 rings (SSSR count). The molecule has 2 heterocycles. The summed E-state index contributed by atoms with van der Waals surface area (Å²) in [5.74, 6) is -1.96. The number of piperazine rings is 1. The van der Waals surface area contributed by atoms with Gasteiger partial charge in [0.15, 0.2) is 0 Å². The summed E-state index contributed by atoms with van der Waals surface area (Å²) in [5, 5.41) is 0. The summed E-state index contributed by atoms with van der Waals surface area (Å²) < 4.78 is 40.1. The number of alkyl halides is 3. The minimum absolute atomic E-state index is 0. The predicted molar refractivity (Wildman–Crippen MR) is 150 cm³/mol. The first-order valence-electron chi connectivity index (χ1n) is 12.5. The number of fused-ring (bicyclic) bond motifs is 1. The van der Waals surface area contributed by atoms with Crippen LogP contribution in [0.25, 0.3) is 0 Å². The van der Waals surface area contributed by atoms with Crippen molar-refractivity contribution in [2.45, 2.75) is 18.6 Å². The van der Waals surface area contributed by atoms with E-state index in [0.29, 0.717) is 13.0 Å². The molecule has 0 unspecified atom stereocenters. The number of ketones is 1. The van der Waals surface area contributed by atoms with Crippen molar-refractivity contribution < 1.29 is 22.8 Å². The Bertz CT molecular complexity index is 1230. The molecule has 0 atom stereocenters. The van der Waals surface area contributed by atoms with Crippen molar-refractivity contribution in [3.63, 3.8) is 0 Å². The SMILES string of the molecule is Cl.Cl.O=C1C(=O)N(CCCN2CCN(C(c3ccccc3)c3ccccc3)CC2)c2cccc(C(F)(F)F)c21. The van der Waals surface area contributed by atoms with Gasteiger partial charge in [-0.2, -0.15) is 13.2 Å². The Kier molecular flexibility index (Phi) is 10.2. The van der Waals surface area contributed by atoms with Gasteiger partial charge < -0.3 is 9.80 Å². The van der Waals surface area contributed by atoms with Crippen LogP contribution in [0.5, 0.6) is 0 Å². The van der Waals surface area contributed by atoms with Crippen LogP contribution in [0.3, 0.4) is 0 Å². The number of Topliss-reactive ketones (excluding diaryl/α,β-unsaturated/α-hetero) is 1. The largest absolute Gasteiger partial charge is 0.417 e. The number of carbonyl (C=O) groups excluding carboxylic acids is 2. The van der Waals surface area contributed by atoms with E-state index in [4.69, 9.17) is 0 Å². The number of rotatable bonds is 7. The highest BCUT2D eigenvalue weighted by Gasteiger charge is 2.44. The van der Waals surface area contributed by atoms with Gasteiger partial charge in [0, 0.05) is 32.7 Å². The first-order valence-corrected chi connectivity index (χ1v) is 12.5. The summed E-state index contributed by atoms with van der Waals surface area (Å²) in [5.41, 5.74) is 0.977. The monoisotopic (exact) mass is 579 g/mol. The summed E-state index contributed by atoms with van der Waals surface area (Å²) in [6.45, 7) is 4.33. The second-order valence-corrected chi connectivity index (χ2v) is 9.44. The fourth-order valence-corrected chi connectivity index (χ4v) is 5.38. The number of halogens is 5. The molecular formula is C29H30Cl2F3N3O2. The molecule has 0 aliphatic carbocycles. The fourth-order valence-electron chi connectivity index (χ4n) is 5.38. The molecule has 0 N–H and O–H groups in total. The molecule has 0 saturated carbocycles. The lowest BCUT2D eigenvalue weighted by atomic mass is 9.96. The summed E-state index contributed by atoms with van der Waals surface area (Å²) in [6, 6.07) is 24.6. The molecule has 0 bridgehead atoms. The van der Waals surface area contributed by atoms with Gasteiger partial charge in [0.2, 0.25) is 0 Å². The first kappa shape index (κ1) is 30.6. The molecule has 10 heteroatoms. The van der Waals surface area contributed by atoms with E-state index in [2.05, 4.69) is 58.3 Å². The minimum atomic E-state index is -4.69. The molecule has 1 fully saturated rings. The normalized spacial score (nSPS) is 16.2. The third kappa shape index (κ3) is 6.47. The van der Waals surface area contributed by atoms with Crippen LogP contribution in [-0.2, 0) is 11.0 Å². The molecule has 0 radical (unpaired) electrons. The second kappa shape index (κ2) is 13.0. The standard InChI is InChI=1S/C29H28F3N3O2.2ClH/c30-29(31,32)23-13-7-14-24-25(23)27(36)28(37)35(24)16-8-15-33-17-19-34(20-18-33)26(21-9-3-1-4-10-21)22-11-5-2-6-12-22;;/h1-7,9-14,26H,8,15-20H2;2*1H. The van der Waals surface area contributed by atoms with Gasteiger partial charge in [-0.05, 0) is 36.2 Å². The van der Waals surface area contributed by atoms with Crippen LogP contribution in [-0.4, -0.2) is 60.8 Å². The molecule has 39 heavy (non-hydrogen) atoms. The fraction of sp³-hybridized carbons (Fsp3) is 0.310. The van der Waals surface area contributed by atoms with Gasteiger partial charge in [-0.25, -0.2) is 0 Å². The van der Waals surface area contributed by atoms with Crippen LogP contribution in [0.15, 0.2) is 78.9 Å². The Hall–Kier alpha value is -2.91. The zero-order valence-corrected chi connectivity index (χ0v) is 22.8. The molecule has 3 aromatic carbocycles. The molecule has 2 aliphatic heterocycles. The van der Waals surface area contributed by atoms with Crippen molar-refractivity contribution in [1.29, 1.82) is 0 Å². The average molecular weight is 580 g/mol. The van der Waals surface area contributed by atoms with Crippen LogP contribution in [0.4, 0.5) is 18.9 Å². The highest BCUT2D eigenvalue weighted by Crippen LogP contribution is 2.40. The number of amides is 1. The minimum Gasteiger partial charge on any atom is -0.305 e. The smallest absolute Gasteiger partial charge is 0.305 e. The Labute approximate surface area is 238 Å². The van der Waals surface area contributed by atoms with Gasteiger partial charge in [-0.3, -0.25) is 14.5 Å². The molecule has 5 nitrogen and oxygen atoms in total. The van der Waals surface area contributed by atoms with Crippen molar-refractivity contribution in [3.05, 3.63) is 101 Å². The Morgan fingerprint density at radius 1 is 0.718 bits per heavy atom. The van der Waals surface area contributed by atoms with E-state index in [1.54, 1.807) is 0 Å². The van der Waals surface area contributed by atoms with Gasteiger partial charge in [-0.15, -0.1) is 24.8 Å². The van der Waals surface area contributed by atoms with E-state index >= 15 is 0 Å². The molecule has 1 amide bonds. The molecule has 0 aromatic heterocycles. The van der Waals surface area contributed by atoms with Crippen LogP contribution in [0, 0.1) is 0 Å². The zero-order valence-electron chi connectivity index (χ0n) is 21.1. The maximum Gasteiger partial charge on any atom is 0.417 e.